The summed E-state index contributed by atoms with van der Waals surface area (Å²) in [4.78, 5) is 33.5. The Morgan fingerprint density at radius 2 is 1.84 bits per heavy atom. The number of nitrogens with one attached hydrogen (secondary N) is 1. The van der Waals surface area contributed by atoms with Crippen molar-refractivity contribution >= 4 is 22.6 Å². The predicted octanol–water partition coefficient (Wildman–Crippen LogP) is 3.36. The zero-order valence-electron chi connectivity index (χ0n) is 18.2. The van der Waals surface area contributed by atoms with E-state index in [4.69, 9.17) is 10.4 Å². The number of hydrogen-bond donors (Lipinski definition) is 1. The van der Waals surface area contributed by atoms with Gasteiger partial charge in [0, 0.05) is 25.3 Å². The molecule has 0 bridgehead atoms. The molecule has 2 fully saturated rings. The Kier molecular flexibility index (Phi) is 4.91. The molecule has 1 aliphatic heterocycles. The molecular weight excluding hydrogens is 390 g/mol. The summed E-state index contributed by atoms with van der Waals surface area (Å²) in [5.74, 6) is 0.718. The number of piperidine rings is 1. The number of pyridine rings is 2. The second kappa shape index (κ2) is 7.62. The van der Waals surface area contributed by atoms with E-state index >= 15 is 0 Å². The summed E-state index contributed by atoms with van der Waals surface area (Å²) in [5.41, 5.74) is 1.38. The highest BCUT2D eigenvalue weighted by molar-refractivity contribution is 5.97. The highest BCUT2D eigenvalue weighted by Crippen LogP contribution is 2.30. The van der Waals surface area contributed by atoms with Gasteiger partial charge in [0.05, 0.1) is 10.9 Å². The Balaban J connectivity index is 1.75. The quantitative estimate of drug-likeness (QED) is 0.647. The van der Waals surface area contributed by atoms with Crippen molar-refractivity contribution < 1.29 is 4.79 Å². The molecule has 3 aromatic rings. The van der Waals surface area contributed by atoms with Crippen molar-refractivity contribution in [2.24, 2.45) is 11.8 Å². The summed E-state index contributed by atoms with van der Waals surface area (Å²) in [6, 6.07) is 7.17. The van der Waals surface area contributed by atoms with Crippen LogP contribution >= 0.6 is 0 Å². The average Bonchev–Trinajstić information content (AvgIpc) is 3.27. The second-order valence-corrected chi connectivity index (χ2v) is 9.45. The summed E-state index contributed by atoms with van der Waals surface area (Å²) in [6.45, 7) is 5.72. The summed E-state index contributed by atoms with van der Waals surface area (Å²) in [5, 5.41) is 9.40. The smallest absolute Gasteiger partial charge is 0.267 e. The van der Waals surface area contributed by atoms with Gasteiger partial charge in [0.15, 0.2) is 0 Å². The van der Waals surface area contributed by atoms with Crippen molar-refractivity contribution in [1.29, 1.82) is 5.41 Å². The van der Waals surface area contributed by atoms with Gasteiger partial charge in [-0.05, 0) is 49.3 Å². The minimum atomic E-state index is -0.193. The van der Waals surface area contributed by atoms with Gasteiger partial charge in [-0.1, -0.05) is 32.8 Å². The van der Waals surface area contributed by atoms with E-state index in [1.165, 1.54) is 4.40 Å². The fraction of sp³-hybridized carbons (Fsp3) is 0.500. The van der Waals surface area contributed by atoms with Crippen LogP contribution in [0.4, 0.5) is 0 Å². The molecule has 4 heterocycles. The molecule has 2 unspecified atom stereocenters. The topological polar surface area (TPSA) is 83.5 Å². The SMILES string of the molecule is CC1CC(C)CN(C(=O)c2cc3c(=O)n4ccccc4nc3n(C3CCCC3)c2=N)C1. The number of carbonyl (C=O) groups excluding carboxylic acids is 1. The van der Waals surface area contributed by atoms with E-state index in [0.29, 0.717) is 47.2 Å². The van der Waals surface area contributed by atoms with E-state index in [9.17, 15) is 9.59 Å². The first kappa shape index (κ1) is 20.0. The fourth-order valence-electron chi connectivity index (χ4n) is 5.53. The minimum absolute atomic E-state index is 0.0972. The van der Waals surface area contributed by atoms with Gasteiger partial charge in [0.25, 0.3) is 11.5 Å². The Labute approximate surface area is 180 Å². The summed E-state index contributed by atoms with van der Waals surface area (Å²) < 4.78 is 3.38. The monoisotopic (exact) mass is 419 g/mol. The van der Waals surface area contributed by atoms with Gasteiger partial charge in [0.1, 0.15) is 16.8 Å². The molecule has 7 heteroatoms. The Bertz CT molecular complexity index is 1270. The Morgan fingerprint density at radius 1 is 1.13 bits per heavy atom. The van der Waals surface area contributed by atoms with Crippen molar-refractivity contribution in [1.82, 2.24) is 18.9 Å². The number of carbonyl (C=O) groups is 1. The van der Waals surface area contributed by atoms with Crippen LogP contribution in [-0.2, 0) is 0 Å². The predicted molar refractivity (Wildman–Crippen MR) is 119 cm³/mol. The van der Waals surface area contributed by atoms with Crippen molar-refractivity contribution in [2.75, 3.05) is 13.1 Å². The molecule has 7 nitrogen and oxygen atoms in total. The van der Waals surface area contributed by atoms with Gasteiger partial charge >= 0.3 is 0 Å². The molecule has 162 valence electrons. The maximum atomic E-state index is 13.6. The maximum absolute atomic E-state index is 13.6. The standard InChI is InChI=1S/C24H29N5O2/c1-15-11-16(2)14-27(13-15)23(30)18-12-19-22(29(21(18)25)17-7-3-4-8-17)26-20-9-5-6-10-28(20)24(19)31/h5-6,9-10,12,15-17,25H,3-4,7-8,11,13-14H2,1-2H3. The first-order valence-corrected chi connectivity index (χ1v) is 11.3. The molecular formula is C24H29N5O2. The number of hydrogen-bond acceptors (Lipinski definition) is 4. The van der Waals surface area contributed by atoms with E-state index < -0.39 is 0 Å². The molecule has 5 rings (SSSR count). The number of rotatable bonds is 2. The highest BCUT2D eigenvalue weighted by atomic mass is 16.2. The maximum Gasteiger partial charge on any atom is 0.267 e. The second-order valence-electron chi connectivity index (χ2n) is 9.45. The van der Waals surface area contributed by atoms with Crippen LogP contribution in [0.15, 0.2) is 35.3 Å². The molecule has 1 aliphatic carbocycles. The van der Waals surface area contributed by atoms with E-state index in [-0.39, 0.29) is 23.0 Å². The van der Waals surface area contributed by atoms with Crippen LogP contribution in [0.25, 0.3) is 16.7 Å². The molecule has 31 heavy (non-hydrogen) atoms. The van der Waals surface area contributed by atoms with Gasteiger partial charge in [0.2, 0.25) is 0 Å². The summed E-state index contributed by atoms with van der Waals surface area (Å²) >= 11 is 0. The van der Waals surface area contributed by atoms with E-state index in [0.717, 1.165) is 32.1 Å². The van der Waals surface area contributed by atoms with Gasteiger partial charge in [-0.25, -0.2) is 4.98 Å². The number of likely N-dealkylation sites (tertiary alicyclic amines) is 1. The Morgan fingerprint density at radius 3 is 2.55 bits per heavy atom. The van der Waals surface area contributed by atoms with Crippen LogP contribution in [0, 0.1) is 17.2 Å². The van der Waals surface area contributed by atoms with E-state index in [1.54, 1.807) is 24.4 Å². The van der Waals surface area contributed by atoms with Crippen LogP contribution in [0.3, 0.4) is 0 Å². The summed E-state index contributed by atoms with van der Waals surface area (Å²) in [7, 11) is 0. The highest BCUT2D eigenvalue weighted by Gasteiger charge is 2.29. The molecule has 0 radical (unpaired) electrons. The summed E-state index contributed by atoms with van der Waals surface area (Å²) in [6.07, 6.45) is 6.87. The van der Waals surface area contributed by atoms with Crippen molar-refractivity contribution in [3.63, 3.8) is 0 Å². The van der Waals surface area contributed by atoms with E-state index in [1.807, 2.05) is 15.5 Å². The minimum Gasteiger partial charge on any atom is -0.338 e. The van der Waals surface area contributed by atoms with Crippen molar-refractivity contribution in [2.45, 2.75) is 52.0 Å². The number of amides is 1. The van der Waals surface area contributed by atoms with Gasteiger partial charge in [-0.3, -0.25) is 19.4 Å². The lowest BCUT2D eigenvalue weighted by molar-refractivity contribution is 0.0620. The van der Waals surface area contributed by atoms with E-state index in [2.05, 4.69) is 13.8 Å². The molecule has 1 amide bonds. The third-order valence-electron chi connectivity index (χ3n) is 6.84. The number of nitrogens with zero attached hydrogens (tertiary/aromatic N) is 4. The normalized spacial score (nSPS) is 22.5. The molecule has 0 spiro atoms. The molecule has 1 saturated carbocycles. The Hall–Kier alpha value is -2.96. The lowest BCUT2D eigenvalue weighted by Crippen LogP contribution is -2.45. The number of fused-ring (bicyclic) bond motifs is 2. The van der Waals surface area contributed by atoms with Gasteiger partial charge in [-0.15, -0.1) is 0 Å². The van der Waals surface area contributed by atoms with Crippen LogP contribution in [0.2, 0.25) is 0 Å². The zero-order valence-corrected chi connectivity index (χ0v) is 18.2. The third kappa shape index (κ3) is 3.36. The van der Waals surface area contributed by atoms with Crippen LogP contribution < -0.4 is 11.0 Å². The van der Waals surface area contributed by atoms with Gasteiger partial charge < -0.3 is 9.47 Å². The lowest BCUT2D eigenvalue weighted by Gasteiger charge is -2.35. The van der Waals surface area contributed by atoms with Crippen molar-refractivity contribution in [3.05, 3.63) is 51.9 Å². The average molecular weight is 420 g/mol. The zero-order chi connectivity index (χ0) is 21.7. The third-order valence-corrected chi connectivity index (χ3v) is 6.84. The fourth-order valence-corrected chi connectivity index (χ4v) is 5.53. The molecule has 2 aliphatic rings. The lowest BCUT2D eigenvalue weighted by atomic mass is 9.91. The first-order valence-electron chi connectivity index (χ1n) is 11.3. The molecule has 0 aromatic carbocycles. The number of aromatic nitrogens is 3. The van der Waals surface area contributed by atoms with Crippen LogP contribution in [-0.4, -0.2) is 37.8 Å². The van der Waals surface area contributed by atoms with Crippen LogP contribution in [0.5, 0.6) is 0 Å². The molecule has 3 aromatic heterocycles. The molecule has 2 atom stereocenters. The first-order chi connectivity index (χ1) is 14.9. The molecule has 1 saturated heterocycles. The van der Waals surface area contributed by atoms with Gasteiger partial charge in [-0.2, -0.15) is 0 Å². The largest absolute Gasteiger partial charge is 0.338 e. The van der Waals surface area contributed by atoms with Crippen LogP contribution in [0.1, 0.15) is 62.4 Å². The molecule has 1 N–H and O–H groups in total. The van der Waals surface area contributed by atoms with Crippen molar-refractivity contribution in [3.8, 4) is 0 Å².